The normalized spacial score (nSPS) is 9.84. The summed E-state index contributed by atoms with van der Waals surface area (Å²) in [4.78, 5) is 0. The van der Waals surface area contributed by atoms with Crippen LogP contribution in [0, 0.1) is 17.7 Å². The van der Waals surface area contributed by atoms with E-state index in [1.54, 1.807) is 12.1 Å². The Balaban J connectivity index is 2.19. The van der Waals surface area contributed by atoms with E-state index in [1.807, 2.05) is 12.1 Å². The van der Waals surface area contributed by atoms with Crippen LogP contribution in [-0.2, 0) is 6.42 Å². The minimum atomic E-state index is -0.386. The largest absolute Gasteiger partial charge is 0.206 e. The lowest BCUT2D eigenvalue weighted by molar-refractivity contribution is 0.624. The van der Waals surface area contributed by atoms with Crippen LogP contribution in [0.2, 0.25) is 5.02 Å². The summed E-state index contributed by atoms with van der Waals surface area (Å²) in [5.74, 6) is 5.40. The van der Waals surface area contributed by atoms with Crippen LogP contribution in [0.1, 0.15) is 30.0 Å². The highest BCUT2D eigenvalue weighted by Crippen LogP contribution is 2.14. The van der Waals surface area contributed by atoms with Crippen molar-refractivity contribution in [2.24, 2.45) is 0 Å². The second kappa shape index (κ2) is 6.41. The molecule has 0 aliphatic heterocycles. The summed E-state index contributed by atoms with van der Waals surface area (Å²) in [7, 11) is 0. The first kappa shape index (κ1) is 13.6. The number of hydrogen-bond acceptors (Lipinski definition) is 0. The number of halogens is 2. The summed E-state index contributed by atoms with van der Waals surface area (Å²) in [6.45, 7) is 2.15. The Labute approximate surface area is 118 Å². The lowest BCUT2D eigenvalue weighted by Gasteiger charge is -1.98. The minimum Gasteiger partial charge on any atom is -0.206 e. The van der Waals surface area contributed by atoms with Gasteiger partial charge in [0.1, 0.15) is 5.82 Å². The van der Waals surface area contributed by atoms with E-state index < -0.39 is 0 Å². The van der Waals surface area contributed by atoms with Crippen molar-refractivity contribution in [3.63, 3.8) is 0 Å². The van der Waals surface area contributed by atoms with Gasteiger partial charge in [-0.05, 0) is 42.3 Å². The lowest BCUT2D eigenvalue weighted by atomic mass is 10.1. The van der Waals surface area contributed by atoms with Gasteiger partial charge in [0, 0.05) is 10.6 Å². The van der Waals surface area contributed by atoms with Gasteiger partial charge < -0.3 is 0 Å². The molecule has 0 fully saturated rings. The van der Waals surface area contributed by atoms with E-state index in [9.17, 15) is 4.39 Å². The van der Waals surface area contributed by atoms with Crippen LogP contribution >= 0.6 is 11.6 Å². The molecular formula is C17H14ClF. The predicted octanol–water partition coefficient (Wildman–Crippen LogP) is 4.83. The van der Waals surface area contributed by atoms with Gasteiger partial charge in [0.15, 0.2) is 0 Å². The first-order valence-electron chi connectivity index (χ1n) is 6.25. The van der Waals surface area contributed by atoms with Gasteiger partial charge in [0.2, 0.25) is 0 Å². The second-order valence-electron chi connectivity index (χ2n) is 4.32. The fraction of sp³-hybridized carbons (Fsp3) is 0.176. The first-order chi connectivity index (χ1) is 9.19. The zero-order valence-corrected chi connectivity index (χ0v) is 11.5. The van der Waals surface area contributed by atoms with Crippen LogP contribution in [0.25, 0.3) is 0 Å². The maximum absolute atomic E-state index is 13.5. The molecule has 0 nitrogen and oxygen atoms in total. The van der Waals surface area contributed by atoms with Gasteiger partial charge in [-0.25, -0.2) is 4.39 Å². The molecule has 2 heteroatoms. The van der Waals surface area contributed by atoms with E-state index >= 15 is 0 Å². The molecule has 0 unspecified atom stereocenters. The van der Waals surface area contributed by atoms with Crippen molar-refractivity contribution in [2.75, 3.05) is 0 Å². The van der Waals surface area contributed by atoms with E-state index in [-0.39, 0.29) is 5.82 Å². The topological polar surface area (TPSA) is 0 Å². The molecule has 0 saturated heterocycles. The Morgan fingerprint density at radius 3 is 2.42 bits per heavy atom. The van der Waals surface area contributed by atoms with Gasteiger partial charge in [-0.3, -0.25) is 0 Å². The highest BCUT2D eigenvalue weighted by molar-refractivity contribution is 6.30. The second-order valence-corrected chi connectivity index (χ2v) is 4.76. The van der Waals surface area contributed by atoms with Crippen molar-refractivity contribution in [1.29, 1.82) is 0 Å². The fourth-order valence-corrected chi connectivity index (χ4v) is 1.93. The molecule has 0 saturated carbocycles. The smallest absolute Gasteiger partial charge is 0.140 e. The van der Waals surface area contributed by atoms with Crippen LogP contribution < -0.4 is 0 Å². The molecule has 2 aromatic carbocycles. The predicted molar refractivity (Wildman–Crippen MR) is 77.8 cm³/mol. The fourth-order valence-electron chi connectivity index (χ4n) is 1.77. The van der Waals surface area contributed by atoms with Crippen LogP contribution in [0.15, 0.2) is 42.5 Å². The third kappa shape index (κ3) is 3.84. The summed E-state index contributed by atoms with van der Waals surface area (Å²) >= 11 is 5.69. The first-order valence-corrected chi connectivity index (χ1v) is 6.63. The molecule has 0 bridgehead atoms. The molecule has 0 radical (unpaired) electrons. The van der Waals surface area contributed by atoms with Gasteiger partial charge in [-0.15, -0.1) is 0 Å². The third-order valence-corrected chi connectivity index (χ3v) is 3.00. The van der Waals surface area contributed by atoms with Gasteiger partial charge in [0.25, 0.3) is 0 Å². The number of benzene rings is 2. The number of hydrogen-bond donors (Lipinski definition) is 0. The monoisotopic (exact) mass is 272 g/mol. The average molecular weight is 273 g/mol. The van der Waals surface area contributed by atoms with Crippen molar-refractivity contribution < 1.29 is 4.39 Å². The molecule has 96 valence electrons. The van der Waals surface area contributed by atoms with Crippen molar-refractivity contribution >= 4 is 11.6 Å². The Bertz CT molecular complexity index is 618. The van der Waals surface area contributed by atoms with Crippen molar-refractivity contribution in [3.8, 4) is 11.8 Å². The Kier molecular flexibility index (Phi) is 4.60. The summed E-state index contributed by atoms with van der Waals surface area (Å²) < 4.78 is 13.5. The van der Waals surface area contributed by atoms with E-state index in [0.717, 1.165) is 18.4 Å². The Morgan fingerprint density at radius 2 is 1.79 bits per heavy atom. The van der Waals surface area contributed by atoms with Gasteiger partial charge >= 0.3 is 0 Å². The summed E-state index contributed by atoms with van der Waals surface area (Å²) in [6, 6.07) is 12.6. The number of aryl methyl sites for hydroxylation is 1. The van der Waals surface area contributed by atoms with Crippen LogP contribution in [0.5, 0.6) is 0 Å². The zero-order valence-electron chi connectivity index (χ0n) is 10.7. The van der Waals surface area contributed by atoms with Gasteiger partial charge in [-0.2, -0.15) is 0 Å². The zero-order chi connectivity index (χ0) is 13.7. The van der Waals surface area contributed by atoms with Crippen molar-refractivity contribution in [3.05, 3.63) is 70.0 Å². The van der Waals surface area contributed by atoms with E-state index in [2.05, 4.69) is 30.9 Å². The molecule has 0 N–H and O–H groups in total. The third-order valence-electron chi connectivity index (χ3n) is 2.77. The van der Waals surface area contributed by atoms with Crippen molar-refractivity contribution in [2.45, 2.75) is 19.8 Å². The van der Waals surface area contributed by atoms with E-state index in [1.165, 1.54) is 11.6 Å². The van der Waals surface area contributed by atoms with Gasteiger partial charge in [0.05, 0.1) is 5.56 Å². The molecule has 0 heterocycles. The van der Waals surface area contributed by atoms with Crippen LogP contribution in [0.3, 0.4) is 0 Å². The van der Waals surface area contributed by atoms with E-state index in [0.29, 0.717) is 10.6 Å². The highest BCUT2D eigenvalue weighted by atomic mass is 35.5. The number of rotatable bonds is 2. The molecule has 0 aliphatic rings. The lowest BCUT2D eigenvalue weighted by Crippen LogP contribution is -1.84. The SMILES string of the molecule is CCCc1ccc(C#Cc2ccc(Cl)cc2F)cc1. The molecule has 2 aromatic rings. The molecule has 0 aromatic heterocycles. The molecule has 0 spiro atoms. The molecule has 0 amide bonds. The highest BCUT2D eigenvalue weighted by Gasteiger charge is 1.99. The average Bonchev–Trinajstić information content (AvgIpc) is 2.40. The van der Waals surface area contributed by atoms with E-state index in [4.69, 9.17) is 11.6 Å². The molecule has 19 heavy (non-hydrogen) atoms. The maximum Gasteiger partial charge on any atom is 0.140 e. The Morgan fingerprint density at radius 1 is 1.05 bits per heavy atom. The quantitative estimate of drug-likeness (QED) is 0.687. The maximum atomic E-state index is 13.5. The molecule has 0 atom stereocenters. The summed E-state index contributed by atoms with van der Waals surface area (Å²) in [5.41, 5.74) is 2.54. The van der Waals surface area contributed by atoms with Crippen LogP contribution in [0.4, 0.5) is 4.39 Å². The van der Waals surface area contributed by atoms with Gasteiger partial charge in [-0.1, -0.05) is 48.9 Å². The molecule has 0 aliphatic carbocycles. The standard InChI is InChI=1S/C17H14ClF/c1-2-3-13-4-6-14(7-5-13)8-9-15-10-11-16(18)12-17(15)19/h4-7,10-12H,2-3H2,1H3. The Hall–Kier alpha value is -1.78. The van der Waals surface area contributed by atoms with Crippen LogP contribution in [-0.4, -0.2) is 0 Å². The molecule has 2 rings (SSSR count). The molecular weight excluding hydrogens is 259 g/mol. The summed E-state index contributed by atoms with van der Waals surface area (Å²) in [5, 5.41) is 0.381. The summed E-state index contributed by atoms with van der Waals surface area (Å²) in [6.07, 6.45) is 2.19. The van der Waals surface area contributed by atoms with Crippen molar-refractivity contribution in [1.82, 2.24) is 0 Å². The minimum absolute atomic E-state index is 0.363.